The van der Waals surface area contributed by atoms with Gasteiger partial charge < -0.3 is 9.47 Å². The highest BCUT2D eigenvalue weighted by Crippen LogP contribution is 2.39. The van der Waals surface area contributed by atoms with Gasteiger partial charge in [-0.15, -0.1) is 0 Å². The van der Waals surface area contributed by atoms with Gasteiger partial charge in [-0.1, -0.05) is 56.1 Å². The molecule has 0 radical (unpaired) electrons. The van der Waals surface area contributed by atoms with Crippen molar-refractivity contribution in [2.45, 2.75) is 64.3 Å². The number of nitrogens with one attached hydrogen (secondary N) is 1. The number of piperidine rings is 1. The number of aromatic nitrogens is 3. The van der Waals surface area contributed by atoms with E-state index in [0.29, 0.717) is 24.0 Å². The third kappa shape index (κ3) is 7.32. The summed E-state index contributed by atoms with van der Waals surface area (Å²) in [5, 5.41) is 14.2. The summed E-state index contributed by atoms with van der Waals surface area (Å²) in [7, 11) is 1.64. The zero-order valence-corrected chi connectivity index (χ0v) is 26.9. The number of nitrogens with zero attached hydrogens (tertiary/aromatic N) is 5. The number of pyridine rings is 2. The molecule has 0 atom stereocenters. The average Bonchev–Trinajstić information content (AvgIpc) is 3.43. The van der Waals surface area contributed by atoms with Gasteiger partial charge in [-0.05, 0) is 62.3 Å². The number of rotatable bonds is 10. The molecule has 0 aliphatic carbocycles. The van der Waals surface area contributed by atoms with E-state index in [-0.39, 0.29) is 10.3 Å². The first-order chi connectivity index (χ1) is 20.6. The summed E-state index contributed by atoms with van der Waals surface area (Å²) in [6.45, 7) is 14.4. The summed E-state index contributed by atoms with van der Waals surface area (Å²) >= 11 is 1.80. The van der Waals surface area contributed by atoms with Gasteiger partial charge in [-0.2, -0.15) is 10.4 Å². The van der Waals surface area contributed by atoms with Crippen molar-refractivity contribution < 1.29 is 9.47 Å². The van der Waals surface area contributed by atoms with Crippen LogP contribution >= 0.6 is 11.9 Å². The van der Waals surface area contributed by atoms with Gasteiger partial charge in [0.15, 0.2) is 0 Å². The van der Waals surface area contributed by atoms with Crippen LogP contribution in [0.1, 0.15) is 64.2 Å². The summed E-state index contributed by atoms with van der Waals surface area (Å²) in [5.41, 5.74) is 5.63. The van der Waals surface area contributed by atoms with Gasteiger partial charge >= 0.3 is 0 Å². The van der Waals surface area contributed by atoms with E-state index in [1.54, 1.807) is 29.8 Å². The molecule has 1 N–H and O–H groups in total. The Balaban J connectivity index is 1.41. The van der Waals surface area contributed by atoms with E-state index in [1.165, 1.54) is 11.1 Å². The molecule has 9 heteroatoms. The summed E-state index contributed by atoms with van der Waals surface area (Å²) in [5.74, 6) is 1.78. The third-order valence-corrected chi connectivity index (χ3v) is 8.82. The first-order valence-electron chi connectivity index (χ1n) is 14.9. The minimum atomic E-state index is -0.156. The Morgan fingerprint density at radius 2 is 1.84 bits per heavy atom. The molecule has 0 unspecified atom stereocenters. The monoisotopic (exact) mass is 598 g/mol. The van der Waals surface area contributed by atoms with E-state index < -0.39 is 0 Å². The van der Waals surface area contributed by atoms with Crippen LogP contribution in [0.15, 0.2) is 61.1 Å². The van der Waals surface area contributed by atoms with E-state index in [0.717, 1.165) is 54.9 Å². The average molecular weight is 599 g/mol. The predicted molar refractivity (Wildman–Crippen MR) is 173 cm³/mol. The van der Waals surface area contributed by atoms with Crippen molar-refractivity contribution in [1.82, 2.24) is 24.2 Å². The fourth-order valence-corrected chi connectivity index (χ4v) is 6.21. The third-order valence-electron chi connectivity index (χ3n) is 7.71. The molecule has 1 saturated heterocycles. The largest absolute Gasteiger partial charge is 0.492 e. The van der Waals surface area contributed by atoms with Crippen LogP contribution < -0.4 is 14.2 Å². The molecule has 0 amide bonds. The molecule has 4 aromatic rings. The van der Waals surface area contributed by atoms with Crippen molar-refractivity contribution in [1.29, 1.82) is 5.26 Å². The maximum Gasteiger partial charge on any atom is 0.212 e. The second kappa shape index (κ2) is 13.0. The van der Waals surface area contributed by atoms with E-state index in [4.69, 9.17) is 9.47 Å². The van der Waals surface area contributed by atoms with Crippen LogP contribution in [0.25, 0.3) is 16.6 Å². The Kier molecular flexibility index (Phi) is 9.30. The lowest BCUT2D eigenvalue weighted by atomic mass is 9.81. The number of nitriles is 1. The topological polar surface area (TPSA) is 87.7 Å². The molecule has 1 aliphatic heterocycles. The summed E-state index contributed by atoms with van der Waals surface area (Å²) in [6.07, 6.45) is 7.36. The maximum absolute atomic E-state index is 9.79. The highest BCUT2D eigenvalue weighted by atomic mass is 32.2. The molecule has 1 aromatic carbocycles. The Morgan fingerprint density at radius 1 is 1.09 bits per heavy atom. The molecular formula is C34H42N6O2S. The number of hydrogen-bond acceptors (Lipinski definition) is 8. The molecule has 3 aromatic heterocycles. The molecule has 43 heavy (non-hydrogen) atoms. The minimum absolute atomic E-state index is 0.0799. The number of hydrogen-bond donors (Lipinski definition) is 1. The van der Waals surface area contributed by atoms with Gasteiger partial charge in [0.05, 0.1) is 42.7 Å². The highest BCUT2D eigenvalue weighted by Gasteiger charge is 2.37. The lowest BCUT2D eigenvalue weighted by Crippen LogP contribution is -2.49. The molecule has 0 spiro atoms. The van der Waals surface area contributed by atoms with Crippen molar-refractivity contribution in [3.8, 4) is 28.8 Å². The molecule has 5 rings (SSSR count). The summed E-state index contributed by atoms with van der Waals surface area (Å²) in [6, 6.07) is 17.2. The van der Waals surface area contributed by atoms with Crippen molar-refractivity contribution >= 4 is 17.5 Å². The second-order valence-corrected chi connectivity index (χ2v) is 14.4. The van der Waals surface area contributed by atoms with Crippen molar-refractivity contribution in [2.75, 3.05) is 26.8 Å². The van der Waals surface area contributed by atoms with Gasteiger partial charge in [0.2, 0.25) is 5.88 Å². The van der Waals surface area contributed by atoms with Crippen LogP contribution in [-0.2, 0) is 12.1 Å². The fraction of sp³-hybridized carbons (Fsp3) is 0.441. The van der Waals surface area contributed by atoms with Crippen molar-refractivity contribution in [3.63, 3.8) is 0 Å². The van der Waals surface area contributed by atoms with Crippen LogP contribution in [0, 0.1) is 17.2 Å². The number of ether oxygens (including phenoxy) is 2. The molecule has 4 heterocycles. The molecule has 0 saturated carbocycles. The van der Waals surface area contributed by atoms with Gasteiger partial charge in [0.25, 0.3) is 0 Å². The van der Waals surface area contributed by atoms with Crippen LogP contribution in [0.2, 0.25) is 0 Å². The lowest BCUT2D eigenvalue weighted by molar-refractivity contribution is 0.146. The Labute approximate surface area is 259 Å². The van der Waals surface area contributed by atoms with E-state index in [1.807, 2.05) is 24.5 Å². The molecular weight excluding hydrogens is 556 g/mol. The summed E-state index contributed by atoms with van der Waals surface area (Å²) in [4.78, 5) is 6.88. The molecule has 226 valence electrons. The van der Waals surface area contributed by atoms with Gasteiger partial charge in [0, 0.05) is 42.2 Å². The zero-order valence-electron chi connectivity index (χ0n) is 26.1. The Morgan fingerprint density at radius 3 is 2.44 bits per heavy atom. The van der Waals surface area contributed by atoms with Crippen molar-refractivity contribution in [3.05, 3.63) is 77.7 Å². The van der Waals surface area contributed by atoms with Crippen LogP contribution in [-0.4, -0.2) is 51.1 Å². The number of benzene rings is 1. The van der Waals surface area contributed by atoms with E-state index in [2.05, 4.69) is 90.7 Å². The second-order valence-electron chi connectivity index (χ2n) is 12.7. The van der Waals surface area contributed by atoms with Crippen LogP contribution in [0.4, 0.5) is 0 Å². The maximum atomic E-state index is 9.79. The quantitative estimate of drug-likeness (QED) is 0.199. The van der Waals surface area contributed by atoms with Gasteiger partial charge in [-0.3, -0.25) is 9.62 Å². The Bertz CT molecular complexity index is 1560. The summed E-state index contributed by atoms with van der Waals surface area (Å²) < 4.78 is 17.0. The smallest absolute Gasteiger partial charge is 0.212 e. The highest BCUT2D eigenvalue weighted by molar-refractivity contribution is 7.98. The normalized spacial score (nSPS) is 15.5. The first kappa shape index (κ1) is 30.9. The number of likely N-dealkylation sites (tertiary alicyclic amines) is 1. The SMILES string of the molecule is COc1ccc(CN2CCC(NSC(C)(C)C)(c3ccc(-c4cc(OCC(C)C)cn5ncc(C#N)c45)cc3)CC2)cn1. The van der Waals surface area contributed by atoms with E-state index >= 15 is 0 Å². The predicted octanol–water partition coefficient (Wildman–Crippen LogP) is 6.84. The molecule has 1 fully saturated rings. The van der Waals surface area contributed by atoms with Crippen LogP contribution in [0.3, 0.4) is 0 Å². The molecule has 1 aliphatic rings. The fourth-order valence-electron chi connectivity index (χ4n) is 5.39. The Hall–Kier alpha value is -3.58. The van der Waals surface area contributed by atoms with Crippen molar-refractivity contribution in [2.24, 2.45) is 5.92 Å². The molecule has 0 bridgehead atoms. The van der Waals surface area contributed by atoms with Gasteiger partial charge in [-0.25, -0.2) is 9.50 Å². The first-order valence-corrected chi connectivity index (χ1v) is 15.7. The van der Waals surface area contributed by atoms with E-state index in [9.17, 15) is 5.26 Å². The minimum Gasteiger partial charge on any atom is -0.492 e. The van der Waals surface area contributed by atoms with Gasteiger partial charge in [0.1, 0.15) is 11.8 Å². The van der Waals surface area contributed by atoms with Crippen LogP contribution in [0.5, 0.6) is 11.6 Å². The standard InChI is InChI=1S/C34H42N6O2S/c1-24(2)23-42-29-17-30(32-27(18-35)20-37-40(32)22-29)26-8-10-28(11-9-26)34(38-43-33(3,4)5)13-15-39(16-14-34)21-25-7-12-31(41-6)36-19-25/h7-12,17,19-20,22,24,38H,13-16,21,23H2,1-6H3. The number of methoxy groups -OCH3 is 1. The lowest BCUT2D eigenvalue weighted by Gasteiger charge is -2.44. The zero-order chi connectivity index (χ0) is 30.6. The molecule has 8 nitrogen and oxygen atoms in total. The number of fused-ring (bicyclic) bond motifs is 1.